The Labute approximate surface area is 127 Å². The molecule has 1 aromatic rings. The van der Waals surface area contributed by atoms with Gasteiger partial charge in [0.05, 0.1) is 12.1 Å². The van der Waals surface area contributed by atoms with Crippen molar-refractivity contribution in [3.63, 3.8) is 0 Å². The van der Waals surface area contributed by atoms with Crippen LogP contribution in [0.5, 0.6) is 0 Å². The van der Waals surface area contributed by atoms with Crippen LogP contribution in [0.3, 0.4) is 0 Å². The zero-order valence-corrected chi connectivity index (χ0v) is 12.2. The quantitative estimate of drug-likeness (QED) is 0.388. The minimum Gasteiger partial charge on any atom is -0.409 e. The number of halogens is 2. The number of hydrogen-bond acceptors (Lipinski definition) is 3. The lowest BCUT2D eigenvalue weighted by Gasteiger charge is -2.28. The molecule has 1 saturated carbocycles. The van der Waals surface area contributed by atoms with Crippen LogP contribution in [0.2, 0.25) is 5.02 Å². The fourth-order valence-corrected chi connectivity index (χ4v) is 2.77. The summed E-state index contributed by atoms with van der Waals surface area (Å²) in [5.74, 6) is -1.22. The van der Waals surface area contributed by atoms with E-state index in [1.807, 2.05) is 0 Å². The Morgan fingerprint density at radius 3 is 2.71 bits per heavy atom. The molecule has 5 nitrogen and oxygen atoms in total. The van der Waals surface area contributed by atoms with Crippen LogP contribution in [0, 0.1) is 5.82 Å². The van der Waals surface area contributed by atoms with Gasteiger partial charge in [0.25, 0.3) is 5.91 Å². The third-order valence-corrected chi connectivity index (χ3v) is 3.88. The molecule has 1 amide bonds. The molecule has 1 fully saturated rings. The number of hydrogen-bond donors (Lipinski definition) is 2. The summed E-state index contributed by atoms with van der Waals surface area (Å²) in [6.07, 6.45) is 3.68. The summed E-state index contributed by atoms with van der Waals surface area (Å²) in [7, 11) is 0. The van der Waals surface area contributed by atoms with E-state index in [9.17, 15) is 9.18 Å². The van der Waals surface area contributed by atoms with Crippen molar-refractivity contribution in [2.24, 2.45) is 10.9 Å². The molecule has 0 atom stereocenters. The maximum absolute atomic E-state index is 13.9. The summed E-state index contributed by atoms with van der Waals surface area (Å²) in [6.45, 7) is -0.0257. The molecular weight excluding hydrogens is 297 g/mol. The molecule has 0 spiro atoms. The monoisotopic (exact) mass is 313 g/mol. The van der Waals surface area contributed by atoms with Crippen molar-refractivity contribution in [3.05, 3.63) is 34.6 Å². The van der Waals surface area contributed by atoms with Crippen molar-refractivity contribution in [1.82, 2.24) is 4.90 Å². The lowest BCUT2D eigenvalue weighted by molar-refractivity contribution is 0.0707. The van der Waals surface area contributed by atoms with Gasteiger partial charge in [0.15, 0.2) is 5.84 Å². The van der Waals surface area contributed by atoms with Gasteiger partial charge in [0.2, 0.25) is 0 Å². The summed E-state index contributed by atoms with van der Waals surface area (Å²) in [4.78, 5) is 14.0. The molecule has 114 valence electrons. The molecule has 0 unspecified atom stereocenters. The van der Waals surface area contributed by atoms with E-state index in [2.05, 4.69) is 5.16 Å². The van der Waals surface area contributed by atoms with E-state index in [1.165, 1.54) is 17.0 Å². The number of benzene rings is 1. The number of carbonyl (C=O) groups excluding carboxylic acids is 1. The van der Waals surface area contributed by atoms with Crippen molar-refractivity contribution in [2.75, 3.05) is 6.54 Å². The molecule has 2 rings (SSSR count). The summed E-state index contributed by atoms with van der Waals surface area (Å²) in [6, 6.07) is 3.90. The smallest absolute Gasteiger partial charge is 0.257 e. The average Bonchev–Trinajstić information content (AvgIpc) is 2.97. The maximum atomic E-state index is 13.9. The second-order valence-corrected chi connectivity index (χ2v) is 5.52. The number of oxime groups is 1. The van der Waals surface area contributed by atoms with Crippen LogP contribution >= 0.6 is 11.6 Å². The third kappa shape index (κ3) is 3.64. The molecule has 0 saturated heterocycles. The van der Waals surface area contributed by atoms with E-state index in [4.69, 9.17) is 22.5 Å². The highest BCUT2D eigenvalue weighted by Gasteiger charge is 2.29. The van der Waals surface area contributed by atoms with Crippen molar-refractivity contribution in [2.45, 2.75) is 31.7 Å². The standard InChI is InChI=1S/C14H17ClFN3O2/c15-9-5-6-11(12(16)7-9)14(20)19(8-13(17)18-21)10-3-1-2-4-10/h5-7,10,21H,1-4,8H2,(H2,17,18). The number of nitrogens with zero attached hydrogens (tertiary/aromatic N) is 2. The lowest BCUT2D eigenvalue weighted by Crippen LogP contribution is -2.44. The highest BCUT2D eigenvalue weighted by Crippen LogP contribution is 2.26. The Hall–Kier alpha value is -1.82. The number of nitrogens with two attached hydrogens (primary N) is 1. The van der Waals surface area contributed by atoms with E-state index in [1.54, 1.807) is 0 Å². The van der Waals surface area contributed by atoms with E-state index in [0.717, 1.165) is 31.7 Å². The Balaban J connectivity index is 2.28. The second-order valence-electron chi connectivity index (χ2n) is 5.09. The zero-order valence-electron chi connectivity index (χ0n) is 11.4. The fourth-order valence-electron chi connectivity index (χ4n) is 2.61. The van der Waals surface area contributed by atoms with E-state index in [-0.39, 0.29) is 29.0 Å². The lowest BCUT2D eigenvalue weighted by atomic mass is 10.1. The Kier molecular flexibility index (Phi) is 5.01. The van der Waals surface area contributed by atoms with Gasteiger partial charge in [-0.15, -0.1) is 0 Å². The highest BCUT2D eigenvalue weighted by molar-refractivity contribution is 6.30. The Bertz CT molecular complexity index is 559. The summed E-state index contributed by atoms with van der Waals surface area (Å²) in [5, 5.41) is 11.8. The van der Waals surface area contributed by atoms with E-state index >= 15 is 0 Å². The van der Waals surface area contributed by atoms with Crippen LogP contribution in [0.25, 0.3) is 0 Å². The number of carbonyl (C=O) groups is 1. The molecule has 0 aliphatic heterocycles. The molecule has 1 aromatic carbocycles. The van der Waals surface area contributed by atoms with Gasteiger partial charge in [-0.2, -0.15) is 0 Å². The normalized spacial score (nSPS) is 16.2. The van der Waals surface area contributed by atoms with Crippen LogP contribution < -0.4 is 5.73 Å². The predicted molar refractivity (Wildman–Crippen MR) is 78.1 cm³/mol. The molecule has 7 heteroatoms. The zero-order chi connectivity index (χ0) is 15.4. The predicted octanol–water partition coefficient (Wildman–Crippen LogP) is 2.61. The van der Waals surface area contributed by atoms with Crippen molar-refractivity contribution < 1.29 is 14.4 Å². The number of rotatable bonds is 4. The SMILES string of the molecule is NC(CN(C(=O)c1ccc(Cl)cc1F)C1CCCC1)=NO. The minimum atomic E-state index is -0.671. The van der Waals surface area contributed by atoms with Gasteiger partial charge in [0, 0.05) is 11.1 Å². The topological polar surface area (TPSA) is 78.9 Å². The van der Waals surface area contributed by atoms with Crippen LogP contribution in [0.4, 0.5) is 4.39 Å². The van der Waals surface area contributed by atoms with Gasteiger partial charge >= 0.3 is 0 Å². The number of amides is 1. The fraction of sp³-hybridized carbons (Fsp3) is 0.429. The summed E-state index contributed by atoms with van der Waals surface area (Å²) < 4.78 is 13.9. The van der Waals surface area contributed by atoms with Gasteiger partial charge < -0.3 is 15.8 Å². The highest BCUT2D eigenvalue weighted by atomic mass is 35.5. The van der Waals surface area contributed by atoms with Gasteiger partial charge in [-0.3, -0.25) is 4.79 Å². The van der Waals surface area contributed by atoms with Crippen molar-refractivity contribution >= 4 is 23.3 Å². The molecule has 0 radical (unpaired) electrons. The van der Waals surface area contributed by atoms with Crippen LogP contribution in [-0.2, 0) is 0 Å². The average molecular weight is 314 g/mol. The first-order chi connectivity index (χ1) is 10.0. The Morgan fingerprint density at radius 2 is 2.14 bits per heavy atom. The largest absolute Gasteiger partial charge is 0.409 e. The molecule has 3 N–H and O–H groups in total. The first-order valence-corrected chi connectivity index (χ1v) is 7.13. The molecule has 1 aliphatic carbocycles. The first-order valence-electron chi connectivity index (χ1n) is 6.75. The van der Waals surface area contributed by atoms with E-state index in [0.29, 0.717) is 0 Å². The second kappa shape index (κ2) is 6.76. The van der Waals surface area contributed by atoms with Crippen molar-refractivity contribution in [3.8, 4) is 0 Å². The molecule has 0 bridgehead atoms. The molecule has 0 heterocycles. The molecule has 21 heavy (non-hydrogen) atoms. The summed E-state index contributed by atoms with van der Waals surface area (Å²) >= 11 is 5.70. The van der Waals surface area contributed by atoms with Crippen LogP contribution in [-0.4, -0.2) is 34.4 Å². The molecule has 1 aliphatic rings. The van der Waals surface area contributed by atoms with Gasteiger partial charge in [-0.1, -0.05) is 29.6 Å². The summed E-state index contributed by atoms with van der Waals surface area (Å²) in [5.41, 5.74) is 5.45. The van der Waals surface area contributed by atoms with Gasteiger partial charge in [-0.25, -0.2) is 4.39 Å². The van der Waals surface area contributed by atoms with E-state index < -0.39 is 11.7 Å². The first kappa shape index (κ1) is 15.6. The minimum absolute atomic E-state index is 0.0205. The van der Waals surface area contributed by atoms with Gasteiger partial charge in [0.1, 0.15) is 5.82 Å². The molecular formula is C14H17ClFN3O2. The van der Waals surface area contributed by atoms with Crippen LogP contribution in [0.15, 0.2) is 23.4 Å². The Morgan fingerprint density at radius 1 is 1.48 bits per heavy atom. The van der Waals surface area contributed by atoms with Crippen molar-refractivity contribution in [1.29, 1.82) is 0 Å². The molecule has 0 aromatic heterocycles. The maximum Gasteiger partial charge on any atom is 0.257 e. The van der Waals surface area contributed by atoms with Gasteiger partial charge in [-0.05, 0) is 31.0 Å². The van der Waals surface area contributed by atoms with Crippen LogP contribution in [0.1, 0.15) is 36.0 Å². The number of amidine groups is 1. The third-order valence-electron chi connectivity index (χ3n) is 3.65.